The summed E-state index contributed by atoms with van der Waals surface area (Å²) < 4.78 is 5.71. The topological polar surface area (TPSA) is 26.0 Å². The van der Waals surface area contributed by atoms with Crippen LogP contribution in [0.5, 0.6) is 0 Å². The van der Waals surface area contributed by atoms with Gasteiger partial charge in [-0.25, -0.2) is 4.98 Å². The van der Waals surface area contributed by atoms with E-state index in [0.717, 1.165) is 30.1 Å². The summed E-state index contributed by atoms with van der Waals surface area (Å²) in [6.45, 7) is 4.17. The molecule has 0 unspecified atom stereocenters. The summed E-state index contributed by atoms with van der Waals surface area (Å²) in [7, 11) is 0. The summed E-state index contributed by atoms with van der Waals surface area (Å²) in [5, 5.41) is 0. The van der Waals surface area contributed by atoms with Gasteiger partial charge in [-0.15, -0.1) is 11.6 Å². The molecule has 2 rings (SSSR count). The second kappa shape index (κ2) is 5.37. The number of benzene rings is 1. The van der Waals surface area contributed by atoms with Gasteiger partial charge >= 0.3 is 0 Å². The molecular formula is C14H16ClNO. The lowest BCUT2D eigenvalue weighted by Gasteiger charge is -2.01. The number of nitrogens with zero attached hydrogens (tertiary/aromatic N) is 1. The minimum absolute atomic E-state index is 0.640. The number of hydrogen-bond acceptors (Lipinski definition) is 2. The lowest BCUT2D eigenvalue weighted by atomic mass is 10.1. The zero-order chi connectivity index (χ0) is 12.3. The van der Waals surface area contributed by atoms with Crippen LogP contribution in [0.2, 0.25) is 0 Å². The number of aryl methyl sites for hydroxylation is 3. The standard InChI is InChI=1S/C14H16ClNO/c1-10-6-11(2)8-12(7-10)13-9-16-14(17-13)4-3-5-15/h6-9H,3-5H2,1-2H3. The number of rotatable bonds is 4. The molecule has 0 aliphatic carbocycles. The van der Waals surface area contributed by atoms with Gasteiger partial charge in [0.25, 0.3) is 0 Å². The fourth-order valence-corrected chi connectivity index (χ4v) is 2.03. The van der Waals surface area contributed by atoms with Crippen molar-refractivity contribution in [2.75, 3.05) is 5.88 Å². The number of oxazole rings is 1. The Hall–Kier alpha value is -1.28. The molecule has 0 fully saturated rings. The Bertz CT molecular complexity index is 484. The van der Waals surface area contributed by atoms with Crippen LogP contribution in [0.15, 0.2) is 28.8 Å². The minimum atomic E-state index is 0.640. The Balaban J connectivity index is 2.24. The first-order chi connectivity index (χ1) is 8.19. The maximum absolute atomic E-state index is 5.71. The average Bonchev–Trinajstić information content (AvgIpc) is 2.73. The van der Waals surface area contributed by atoms with Crippen molar-refractivity contribution in [2.24, 2.45) is 0 Å². The molecule has 0 radical (unpaired) electrons. The maximum Gasteiger partial charge on any atom is 0.194 e. The monoisotopic (exact) mass is 249 g/mol. The molecule has 3 heteroatoms. The van der Waals surface area contributed by atoms with Crippen LogP contribution in [0.1, 0.15) is 23.4 Å². The Morgan fingerprint density at radius 1 is 1.18 bits per heavy atom. The van der Waals surface area contributed by atoms with E-state index in [1.807, 2.05) is 0 Å². The highest BCUT2D eigenvalue weighted by atomic mass is 35.5. The molecule has 2 aromatic rings. The molecule has 0 saturated carbocycles. The first-order valence-corrected chi connectivity index (χ1v) is 6.32. The number of alkyl halides is 1. The molecule has 0 atom stereocenters. The molecule has 0 saturated heterocycles. The molecular weight excluding hydrogens is 234 g/mol. The van der Waals surface area contributed by atoms with Crippen LogP contribution in [0, 0.1) is 13.8 Å². The lowest BCUT2D eigenvalue weighted by Crippen LogP contribution is -1.84. The fraction of sp³-hybridized carbons (Fsp3) is 0.357. The molecule has 0 bridgehead atoms. The average molecular weight is 250 g/mol. The molecule has 1 aromatic carbocycles. The first-order valence-electron chi connectivity index (χ1n) is 5.78. The summed E-state index contributed by atoms with van der Waals surface area (Å²) in [5.41, 5.74) is 3.56. The van der Waals surface area contributed by atoms with Crippen molar-refractivity contribution in [1.82, 2.24) is 4.98 Å². The van der Waals surface area contributed by atoms with Crippen molar-refractivity contribution in [2.45, 2.75) is 26.7 Å². The smallest absolute Gasteiger partial charge is 0.194 e. The highest BCUT2D eigenvalue weighted by Crippen LogP contribution is 2.23. The lowest BCUT2D eigenvalue weighted by molar-refractivity contribution is 0.503. The summed E-state index contributed by atoms with van der Waals surface area (Å²) in [5.74, 6) is 2.24. The van der Waals surface area contributed by atoms with Crippen molar-refractivity contribution in [1.29, 1.82) is 0 Å². The Kier molecular flexibility index (Phi) is 3.85. The molecule has 0 spiro atoms. The van der Waals surface area contributed by atoms with Gasteiger partial charge in [0.1, 0.15) is 0 Å². The van der Waals surface area contributed by atoms with E-state index >= 15 is 0 Å². The van der Waals surface area contributed by atoms with Crippen LogP contribution in [0.25, 0.3) is 11.3 Å². The molecule has 90 valence electrons. The predicted molar refractivity (Wildman–Crippen MR) is 70.5 cm³/mol. The van der Waals surface area contributed by atoms with E-state index in [-0.39, 0.29) is 0 Å². The molecule has 0 aliphatic heterocycles. The van der Waals surface area contributed by atoms with Gasteiger partial charge in [0.15, 0.2) is 11.7 Å². The highest BCUT2D eigenvalue weighted by molar-refractivity contribution is 6.17. The van der Waals surface area contributed by atoms with E-state index in [9.17, 15) is 0 Å². The molecule has 1 heterocycles. The summed E-state index contributed by atoms with van der Waals surface area (Å²) in [4.78, 5) is 4.26. The molecule has 0 amide bonds. The van der Waals surface area contributed by atoms with Gasteiger partial charge < -0.3 is 4.42 Å². The van der Waals surface area contributed by atoms with Gasteiger partial charge in [-0.1, -0.05) is 17.2 Å². The summed E-state index contributed by atoms with van der Waals surface area (Å²) >= 11 is 5.65. The van der Waals surface area contributed by atoms with Crippen molar-refractivity contribution in [3.05, 3.63) is 41.4 Å². The van der Waals surface area contributed by atoms with Crippen LogP contribution in [0.4, 0.5) is 0 Å². The van der Waals surface area contributed by atoms with Crippen LogP contribution >= 0.6 is 11.6 Å². The molecule has 2 nitrogen and oxygen atoms in total. The Labute approximate surface area is 107 Å². The van der Waals surface area contributed by atoms with Crippen molar-refractivity contribution >= 4 is 11.6 Å². The third-order valence-corrected chi connectivity index (χ3v) is 2.85. The Morgan fingerprint density at radius 3 is 2.53 bits per heavy atom. The third-order valence-electron chi connectivity index (χ3n) is 2.58. The normalized spacial score (nSPS) is 10.8. The van der Waals surface area contributed by atoms with Gasteiger partial charge in [0, 0.05) is 17.9 Å². The highest BCUT2D eigenvalue weighted by Gasteiger charge is 2.07. The molecule has 0 aliphatic rings. The molecule has 1 aromatic heterocycles. The summed E-state index contributed by atoms with van der Waals surface area (Å²) in [6.07, 6.45) is 3.49. The van der Waals surface area contributed by atoms with Gasteiger partial charge in [-0.05, 0) is 32.4 Å². The molecule has 17 heavy (non-hydrogen) atoms. The molecule has 0 N–H and O–H groups in total. The largest absolute Gasteiger partial charge is 0.441 e. The van der Waals surface area contributed by atoms with Gasteiger partial charge in [0.2, 0.25) is 0 Å². The third kappa shape index (κ3) is 3.10. The van der Waals surface area contributed by atoms with E-state index in [1.165, 1.54) is 11.1 Å². The van der Waals surface area contributed by atoms with Gasteiger partial charge in [-0.2, -0.15) is 0 Å². The van der Waals surface area contributed by atoms with E-state index in [0.29, 0.717) is 5.88 Å². The van der Waals surface area contributed by atoms with Crippen molar-refractivity contribution in [3.8, 4) is 11.3 Å². The van der Waals surface area contributed by atoms with Crippen LogP contribution in [0.3, 0.4) is 0 Å². The predicted octanol–water partition coefficient (Wildman–Crippen LogP) is 4.13. The summed E-state index contributed by atoms with van der Waals surface area (Å²) in [6, 6.07) is 6.37. The zero-order valence-corrected chi connectivity index (χ0v) is 10.9. The van der Waals surface area contributed by atoms with E-state index in [1.54, 1.807) is 6.20 Å². The second-order valence-electron chi connectivity index (χ2n) is 4.29. The minimum Gasteiger partial charge on any atom is -0.441 e. The van der Waals surface area contributed by atoms with Crippen LogP contribution < -0.4 is 0 Å². The van der Waals surface area contributed by atoms with Crippen LogP contribution in [-0.2, 0) is 6.42 Å². The van der Waals surface area contributed by atoms with E-state index < -0.39 is 0 Å². The van der Waals surface area contributed by atoms with E-state index in [4.69, 9.17) is 16.0 Å². The van der Waals surface area contributed by atoms with Crippen LogP contribution in [-0.4, -0.2) is 10.9 Å². The number of hydrogen-bond donors (Lipinski definition) is 0. The number of halogens is 1. The second-order valence-corrected chi connectivity index (χ2v) is 4.67. The van der Waals surface area contributed by atoms with Gasteiger partial charge in [0.05, 0.1) is 6.20 Å². The quantitative estimate of drug-likeness (QED) is 0.762. The van der Waals surface area contributed by atoms with Crippen molar-refractivity contribution < 1.29 is 4.42 Å². The number of aromatic nitrogens is 1. The van der Waals surface area contributed by atoms with Crippen molar-refractivity contribution in [3.63, 3.8) is 0 Å². The van der Waals surface area contributed by atoms with Gasteiger partial charge in [-0.3, -0.25) is 0 Å². The fourth-order valence-electron chi connectivity index (χ4n) is 1.89. The maximum atomic E-state index is 5.71. The Morgan fingerprint density at radius 2 is 1.88 bits per heavy atom. The first kappa shape index (κ1) is 12.2. The zero-order valence-electron chi connectivity index (χ0n) is 10.2. The van der Waals surface area contributed by atoms with E-state index in [2.05, 4.69) is 37.0 Å². The SMILES string of the molecule is Cc1cc(C)cc(-c2cnc(CCCCl)o2)c1.